The SMILES string of the molecule is COc1cc2c(-c3cc4c(Cl)ccnc4n3S(=O)(=O)c3ccc(C)cc3)cn(C)c2cc1OCCN1CCCCC1C1CCNCC1. The van der Waals surface area contributed by atoms with Gasteiger partial charge in [-0.1, -0.05) is 35.7 Å². The lowest BCUT2D eigenvalue weighted by Gasteiger charge is -2.42. The Morgan fingerprint density at radius 1 is 1.00 bits per heavy atom. The fourth-order valence-corrected chi connectivity index (χ4v) is 9.16. The minimum absolute atomic E-state index is 0.174. The molecule has 0 bridgehead atoms. The molecule has 2 aliphatic heterocycles. The summed E-state index contributed by atoms with van der Waals surface area (Å²) in [6, 6.07) is 14.9. The van der Waals surface area contributed by atoms with Crippen LogP contribution in [0.15, 0.2) is 65.8 Å². The van der Waals surface area contributed by atoms with Gasteiger partial charge in [-0.05, 0) is 88.5 Å². The molecule has 2 aliphatic rings. The fraction of sp³-hybridized carbons (Fsp3) is 0.417. The summed E-state index contributed by atoms with van der Waals surface area (Å²) in [5, 5.41) is 5.33. The summed E-state index contributed by atoms with van der Waals surface area (Å²) in [7, 11) is -0.445. The zero-order chi connectivity index (χ0) is 32.7. The maximum absolute atomic E-state index is 14.2. The molecule has 5 heterocycles. The smallest absolute Gasteiger partial charge is 0.269 e. The summed E-state index contributed by atoms with van der Waals surface area (Å²) in [6.07, 6.45) is 9.77. The van der Waals surface area contributed by atoms with Crippen molar-refractivity contribution in [3.05, 3.63) is 71.5 Å². The number of hydrogen-bond donors (Lipinski definition) is 1. The lowest BCUT2D eigenvalue weighted by molar-refractivity contribution is 0.0707. The Bertz CT molecular complexity index is 2010. The Morgan fingerprint density at radius 3 is 2.55 bits per heavy atom. The number of aryl methyl sites for hydroxylation is 2. The average molecular weight is 676 g/mol. The molecule has 0 aliphatic carbocycles. The summed E-state index contributed by atoms with van der Waals surface area (Å²) in [4.78, 5) is 7.29. The van der Waals surface area contributed by atoms with Gasteiger partial charge in [-0.25, -0.2) is 17.4 Å². The quantitative estimate of drug-likeness (QED) is 0.187. The number of nitrogens with zero attached hydrogens (tertiary/aromatic N) is 4. The first-order valence-electron chi connectivity index (χ1n) is 16.5. The van der Waals surface area contributed by atoms with Crippen LogP contribution in [0.2, 0.25) is 5.02 Å². The number of rotatable bonds is 9. The first-order valence-corrected chi connectivity index (χ1v) is 18.3. The molecule has 3 aromatic heterocycles. The first-order chi connectivity index (χ1) is 22.8. The van der Waals surface area contributed by atoms with E-state index in [0.717, 1.165) is 54.1 Å². The maximum atomic E-state index is 14.2. The van der Waals surface area contributed by atoms with Crippen LogP contribution in [0.3, 0.4) is 0 Å². The van der Waals surface area contributed by atoms with Gasteiger partial charge in [0.25, 0.3) is 10.0 Å². The van der Waals surface area contributed by atoms with Gasteiger partial charge in [0, 0.05) is 54.4 Å². The topological polar surface area (TPSA) is 90.6 Å². The number of methoxy groups -OCH3 is 1. The van der Waals surface area contributed by atoms with Gasteiger partial charge in [-0.3, -0.25) is 4.90 Å². The highest BCUT2D eigenvalue weighted by molar-refractivity contribution is 7.90. The van der Waals surface area contributed by atoms with Crippen molar-refractivity contribution in [3.63, 3.8) is 0 Å². The number of halogens is 1. The molecule has 47 heavy (non-hydrogen) atoms. The zero-order valence-corrected chi connectivity index (χ0v) is 28.8. The molecule has 11 heteroatoms. The molecule has 248 valence electrons. The fourth-order valence-electron chi connectivity index (χ4n) is 7.49. The van der Waals surface area contributed by atoms with Gasteiger partial charge >= 0.3 is 0 Å². The van der Waals surface area contributed by atoms with E-state index in [1.165, 1.54) is 42.3 Å². The maximum Gasteiger partial charge on any atom is 0.269 e. The van der Waals surface area contributed by atoms with E-state index in [2.05, 4.69) is 15.2 Å². The van der Waals surface area contributed by atoms with Crippen molar-refractivity contribution in [2.45, 2.75) is 50.0 Å². The monoisotopic (exact) mass is 675 g/mol. The molecule has 9 nitrogen and oxygen atoms in total. The number of likely N-dealkylation sites (tertiary alicyclic amines) is 1. The number of fused-ring (bicyclic) bond motifs is 2. The van der Waals surface area contributed by atoms with Crippen LogP contribution in [0.4, 0.5) is 0 Å². The number of pyridine rings is 1. The summed E-state index contributed by atoms with van der Waals surface area (Å²) in [6.45, 7) is 6.71. The first kappa shape index (κ1) is 32.0. The van der Waals surface area contributed by atoms with Crippen LogP contribution in [-0.4, -0.2) is 72.8 Å². The Hall–Kier alpha value is -3.57. The minimum Gasteiger partial charge on any atom is -0.493 e. The molecule has 1 unspecified atom stereocenters. The molecule has 1 N–H and O–H groups in total. The number of aromatic nitrogens is 3. The van der Waals surface area contributed by atoms with Gasteiger partial charge in [0.1, 0.15) is 6.61 Å². The van der Waals surface area contributed by atoms with E-state index in [-0.39, 0.29) is 10.5 Å². The van der Waals surface area contributed by atoms with Crippen molar-refractivity contribution in [1.29, 1.82) is 0 Å². The summed E-state index contributed by atoms with van der Waals surface area (Å²) in [5.74, 6) is 2.01. The molecule has 1 atom stereocenters. The number of nitrogens with one attached hydrogen (secondary N) is 1. The number of hydrogen-bond acceptors (Lipinski definition) is 7. The van der Waals surface area contributed by atoms with Gasteiger partial charge < -0.3 is 19.4 Å². The summed E-state index contributed by atoms with van der Waals surface area (Å²) >= 11 is 6.60. The van der Waals surface area contributed by atoms with Gasteiger partial charge in [0.15, 0.2) is 17.1 Å². The molecule has 0 spiro atoms. The molecule has 0 saturated carbocycles. The highest BCUT2D eigenvalue weighted by atomic mass is 35.5. The lowest BCUT2D eigenvalue weighted by atomic mass is 9.84. The molecule has 2 aromatic carbocycles. The van der Waals surface area contributed by atoms with E-state index in [0.29, 0.717) is 40.3 Å². The molecular formula is C36H42ClN5O4S. The summed E-state index contributed by atoms with van der Waals surface area (Å²) in [5.41, 5.74) is 3.33. The molecule has 5 aromatic rings. The van der Waals surface area contributed by atoms with E-state index in [4.69, 9.17) is 21.1 Å². The van der Waals surface area contributed by atoms with E-state index >= 15 is 0 Å². The number of piperidine rings is 2. The van der Waals surface area contributed by atoms with Crippen LogP contribution in [0, 0.1) is 12.8 Å². The normalized spacial score (nSPS) is 18.3. The van der Waals surface area contributed by atoms with Crippen molar-refractivity contribution >= 4 is 43.6 Å². The standard InChI is InChI=1S/C36H42ClN5O4S/c1-24-7-9-26(10-8-24)47(43,44)42-33(20-28-30(37)13-16-39-36(28)42)29-23-40(2)32-22-35(34(45-3)21-27(29)32)46-19-18-41-17-5-4-6-31(41)25-11-14-38-15-12-25/h7-10,13,16,20-23,25,31,38H,4-6,11-12,14-15,17-19H2,1-3H3. The second-order valence-electron chi connectivity index (χ2n) is 12.9. The molecule has 2 saturated heterocycles. The number of benzene rings is 2. The molecular weight excluding hydrogens is 634 g/mol. The molecule has 2 fully saturated rings. The molecule has 0 radical (unpaired) electrons. The summed E-state index contributed by atoms with van der Waals surface area (Å²) < 4.78 is 44.1. The third kappa shape index (κ3) is 6.01. The van der Waals surface area contributed by atoms with Crippen LogP contribution >= 0.6 is 11.6 Å². The predicted octanol–water partition coefficient (Wildman–Crippen LogP) is 6.64. The van der Waals surface area contributed by atoms with Crippen LogP contribution in [0.25, 0.3) is 33.2 Å². The third-order valence-corrected chi connectivity index (χ3v) is 12.0. The van der Waals surface area contributed by atoms with Crippen molar-refractivity contribution in [1.82, 2.24) is 23.7 Å². The average Bonchev–Trinajstić information content (AvgIpc) is 3.64. The zero-order valence-electron chi connectivity index (χ0n) is 27.2. The lowest BCUT2D eigenvalue weighted by Crippen LogP contribution is -2.48. The Labute approximate surface area is 281 Å². The van der Waals surface area contributed by atoms with E-state index in [9.17, 15) is 8.42 Å². The van der Waals surface area contributed by atoms with Crippen LogP contribution in [0.1, 0.15) is 37.7 Å². The number of ether oxygens (including phenoxy) is 2. The van der Waals surface area contributed by atoms with Gasteiger partial charge in [0.2, 0.25) is 0 Å². The van der Waals surface area contributed by atoms with Crippen LogP contribution < -0.4 is 14.8 Å². The Morgan fingerprint density at radius 2 is 1.79 bits per heavy atom. The van der Waals surface area contributed by atoms with E-state index in [1.54, 1.807) is 43.5 Å². The predicted molar refractivity (Wildman–Crippen MR) is 187 cm³/mol. The highest BCUT2D eigenvalue weighted by Gasteiger charge is 2.31. The van der Waals surface area contributed by atoms with Gasteiger partial charge in [-0.15, -0.1) is 0 Å². The van der Waals surface area contributed by atoms with Crippen molar-refractivity contribution in [3.8, 4) is 22.8 Å². The van der Waals surface area contributed by atoms with Crippen molar-refractivity contribution in [2.24, 2.45) is 13.0 Å². The van der Waals surface area contributed by atoms with E-state index < -0.39 is 10.0 Å². The van der Waals surface area contributed by atoms with Crippen LogP contribution in [-0.2, 0) is 17.1 Å². The van der Waals surface area contributed by atoms with Gasteiger partial charge in [0.05, 0.1) is 28.2 Å². The minimum atomic E-state index is -4.03. The molecule has 0 amide bonds. The third-order valence-electron chi connectivity index (χ3n) is 9.95. The van der Waals surface area contributed by atoms with Crippen LogP contribution in [0.5, 0.6) is 11.5 Å². The van der Waals surface area contributed by atoms with E-state index in [1.807, 2.05) is 36.9 Å². The Kier molecular flexibility index (Phi) is 8.95. The highest BCUT2D eigenvalue weighted by Crippen LogP contribution is 2.42. The van der Waals surface area contributed by atoms with Crippen molar-refractivity contribution in [2.75, 3.05) is 39.9 Å². The van der Waals surface area contributed by atoms with Gasteiger partial charge in [-0.2, -0.15) is 0 Å². The Balaban J connectivity index is 1.24. The second kappa shape index (κ2) is 13.1. The largest absolute Gasteiger partial charge is 0.493 e. The van der Waals surface area contributed by atoms with Crippen molar-refractivity contribution < 1.29 is 17.9 Å². The molecule has 7 rings (SSSR count). The second-order valence-corrected chi connectivity index (χ2v) is 15.0.